The molecule has 0 spiro atoms. The Morgan fingerprint density at radius 1 is 1.07 bits per heavy atom. The van der Waals surface area contributed by atoms with Gasteiger partial charge in [-0.25, -0.2) is 4.79 Å². The number of nitrogens with zero attached hydrogens (tertiary/aromatic N) is 1. The zero-order chi connectivity index (χ0) is 20.1. The molecule has 1 heterocycles. The molecule has 3 aromatic rings. The van der Waals surface area contributed by atoms with Crippen LogP contribution in [0.3, 0.4) is 0 Å². The van der Waals surface area contributed by atoms with E-state index in [1.807, 2.05) is 0 Å². The number of benzene rings is 2. The summed E-state index contributed by atoms with van der Waals surface area (Å²) in [5.41, 5.74) is 1.96. The molecule has 28 heavy (non-hydrogen) atoms. The van der Waals surface area contributed by atoms with Crippen LogP contribution in [0.5, 0.6) is 0 Å². The van der Waals surface area contributed by atoms with Crippen LogP contribution < -0.4 is 11.1 Å². The Labute approximate surface area is 159 Å². The average molecular weight is 382 g/mol. The number of rotatable bonds is 7. The van der Waals surface area contributed by atoms with E-state index in [1.165, 1.54) is 11.5 Å². The highest BCUT2D eigenvalue weighted by Gasteiger charge is 2.13. The zero-order valence-electron chi connectivity index (χ0n) is 15.1. The van der Waals surface area contributed by atoms with Crippen LogP contribution >= 0.6 is 0 Å². The average Bonchev–Trinajstić information content (AvgIpc) is 2.99. The van der Waals surface area contributed by atoms with Gasteiger partial charge in [-0.3, -0.25) is 19.0 Å². The maximum atomic E-state index is 12.1. The van der Waals surface area contributed by atoms with Crippen molar-refractivity contribution in [2.75, 3.05) is 11.9 Å². The SMILES string of the molecule is CC(=O)Nc1ccc(C(=O)COC(=O)CCn2c(=O)oc3ccccc32)cc1. The molecule has 3 rings (SSSR count). The predicted molar refractivity (Wildman–Crippen MR) is 101 cm³/mol. The molecular formula is C20H18N2O6. The molecule has 0 aliphatic carbocycles. The number of carbonyl (C=O) groups excluding carboxylic acids is 3. The number of ketones is 1. The smallest absolute Gasteiger partial charge is 0.419 e. The van der Waals surface area contributed by atoms with Crippen molar-refractivity contribution in [3.63, 3.8) is 0 Å². The molecule has 0 bridgehead atoms. The van der Waals surface area contributed by atoms with E-state index in [1.54, 1.807) is 48.5 Å². The molecule has 2 aromatic carbocycles. The molecule has 0 unspecified atom stereocenters. The first-order valence-corrected chi connectivity index (χ1v) is 8.59. The summed E-state index contributed by atoms with van der Waals surface area (Å²) in [6.07, 6.45) is -0.0712. The van der Waals surface area contributed by atoms with Gasteiger partial charge in [0.1, 0.15) is 0 Å². The van der Waals surface area contributed by atoms with E-state index < -0.39 is 18.3 Å². The summed E-state index contributed by atoms with van der Waals surface area (Å²) < 4.78 is 11.4. The monoisotopic (exact) mass is 382 g/mol. The summed E-state index contributed by atoms with van der Waals surface area (Å²) >= 11 is 0. The van der Waals surface area contributed by atoms with Gasteiger partial charge in [-0.15, -0.1) is 0 Å². The first-order chi connectivity index (χ1) is 13.4. The zero-order valence-corrected chi connectivity index (χ0v) is 15.1. The molecule has 8 heteroatoms. The number of aromatic nitrogens is 1. The number of oxazole rings is 1. The maximum Gasteiger partial charge on any atom is 0.419 e. The largest absolute Gasteiger partial charge is 0.457 e. The van der Waals surface area contributed by atoms with E-state index in [0.29, 0.717) is 22.4 Å². The lowest BCUT2D eigenvalue weighted by Crippen LogP contribution is -2.19. The maximum absolute atomic E-state index is 12.1. The second-order valence-corrected chi connectivity index (χ2v) is 6.08. The highest BCUT2D eigenvalue weighted by molar-refractivity contribution is 5.98. The number of hydrogen-bond donors (Lipinski definition) is 1. The van der Waals surface area contributed by atoms with E-state index in [9.17, 15) is 19.2 Å². The lowest BCUT2D eigenvalue weighted by Gasteiger charge is -2.06. The van der Waals surface area contributed by atoms with E-state index >= 15 is 0 Å². The quantitative estimate of drug-likeness (QED) is 0.496. The summed E-state index contributed by atoms with van der Waals surface area (Å²) in [6, 6.07) is 13.2. The molecule has 1 aromatic heterocycles. The Bertz CT molecular complexity index is 1080. The van der Waals surface area contributed by atoms with Gasteiger partial charge < -0.3 is 14.5 Å². The molecule has 0 aliphatic rings. The van der Waals surface area contributed by atoms with E-state index in [4.69, 9.17) is 9.15 Å². The third-order valence-corrected chi connectivity index (χ3v) is 4.00. The highest BCUT2D eigenvalue weighted by Crippen LogP contribution is 2.13. The molecule has 0 radical (unpaired) electrons. The molecule has 0 fully saturated rings. The fourth-order valence-electron chi connectivity index (χ4n) is 2.67. The van der Waals surface area contributed by atoms with Gasteiger partial charge in [0.25, 0.3) is 0 Å². The lowest BCUT2D eigenvalue weighted by atomic mass is 10.1. The molecule has 0 saturated carbocycles. The van der Waals surface area contributed by atoms with Crippen molar-refractivity contribution < 1.29 is 23.5 Å². The van der Waals surface area contributed by atoms with Crippen molar-refractivity contribution in [2.45, 2.75) is 19.9 Å². The van der Waals surface area contributed by atoms with Crippen molar-refractivity contribution in [2.24, 2.45) is 0 Å². The van der Waals surface area contributed by atoms with Gasteiger partial charge >= 0.3 is 11.7 Å². The summed E-state index contributed by atoms with van der Waals surface area (Å²) in [6.45, 7) is 1.08. The minimum atomic E-state index is -0.597. The minimum absolute atomic E-state index is 0.0712. The van der Waals surface area contributed by atoms with Crippen LogP contribution in [-0.4, -0.2) is 28.8 Å². The number of fused-ring (bicyclic) bond motifs is 1. The molecule has 0 saturated heterocycles. The third kappa shape index (κ3) is 4.53. The number of aryl methyl sites for hydroxylation is 1. The van der Waals surface area contributed by atoms with Crippen molar-refractivity contribution >= 4 is 34.4 Å². The molecular weight excluding hydrogens is 364 g/mol. The molecule has 0 aliphatic heterocycles. The van der Waals surface area contributed by atoms with Crippen LogP contribution in [0.25, 0.3) is 11.1 Å². The number of hydrogen-bond acceptors (Lipinski definition) is 6. The number of Topliss-reactive ketones (excluding diaryl/α,β-unsaturated/α-hetero) is 1. The Morgan fingerprint density at radius 3 is 2.50 bits per heavy atom. The van der Waals surface area contributed by atoms with Gasteiger partial charge in [0.05, 0.1) is 11.9 Å². The Balaban J connectivity index is 1.52. The van der Waals surface area contributed by atoms with Crippen LogP contribution in [0.4, 0.5) is 5.69 Å². The van der Waals surface area contributed by atoms with Gasteiger partial charge in [0.15, 0.2) is 18.0 Å². The van der Waals surface area contributed by atoms with Gasteiger partial charge in [-0.2, -0.15) is 0 Å². The van der Waals surface area contributed by atoms with Gasteiger partial charge in [-0.1, -0.05) is 12.1 Å². The van der Waals surface area contributed by atoms with E-state index in [-0.39, 0.29) is 24.7 Å². The van der Waals surface area contributed by atoms with E-state index in [2.05, 4.69) is 5.32 Å². The summed E-state index contributed by atoms with van der Waals surface area (Å²) in [5, 5.41) is 2.60. The molecule has 1 amide bonds. The van der Waals surface area contributed by atoms with Crippen molar-refractivity contribution in [1.82, 2.24) is 4.57 Å². The summed E-state index contributed by atoms with van der Waals surface area (Å²) in [5.74, 6) is -1.73. The van der Waals surface area contributed by atoms with Crippen LogP contribution in [0, 0.1) is 0 Å². The molecule has 144 valence electrons. The Morgan fingerprint density at radius 2 is 1.79 bits per heavy atom. The predicted octanol–water partition coefficient (Wildman–Crippen LogP) is 2.37. The molecule has 0 atom stereocenters. The van der Waals surface area contributed by atoms with Crippen LogP contribution in [0.1, 0.15) is 23.7 Å². The number of amides is 1. The first kappa shape index (κ1) is 19.1. The van der Waals surface area contributed by atoms with E-state index in [0.717, 1.165) is 0 Å². The lowest BCUT2D eigenvalue weighted by molar-refractivity contribution is -0.142. The standard InChI is InChI=1S/C20H18N2O6/c1-13(23)21-15-8-6-14(7-9-15)17(24)12-27-19(25)10-11-22-16-4-2-3-5-18(16)28-20(22)26/h2-9H,10-12H2,1H3,(H,21,23). The van der Waals surface area contributed by atoms with Gasteiger partial charge in [0.2, 0.25) is 5.91 Å². The topological polar surface area (TPSA) is 108 Å². The summed E-state index contributed by atoms with van der Waals surface area (Å²) in [7, 11) is 0. The number of esters is 1. The van der Waals surface area contributed by atoms with Gasteiger partial charge in [-0.05, 0) is 36.4 Å². The molecule has 8 nitrogen and oxygen atoms in total. The second-order valence-electron chi connectivity index (χ2n) is 6.08. The normalized spacial score (nSPS) is 10.6. The fourth-order valence-corrected chi connectivity index (χ4v) is 2.67. The number of carbonyl (C=O) groups is 3. The molecule has 1 N–H and O–H groups in total. The fraction of sp³-hybridized carbons (Fsp3) is 0.200. The van der Waals surface area contributed by atoms with Crippen LogP contribution in [-0.2, 0) is 20.9 Å². The highest BCUT2D eigenvalue weighted by atomic mass is 16.5. The first-order valence-electron chi connectivity index (χ1n) is 8.59. The number of ether oxygens (including phenoxy) is 1. The number of anilines is 1. The Kier molecular flexibility index (Phi) is 5.69. The van der Waals surface area contributed by atoms with Crippen molar-refractivity contribution in [1.29, 1.82) is 0 Å². The second kappa shape index (κ2) is 8.34. The van der Waals surface area contributed by atoms with Crippen molar-refractivity contribution in [3.8, 4) is 0 Å². The Hall–Kier alpha value is -3.68. The van der Waals surface area contributed by atoms with Gasteiger partial charge in [0, 0.05) is 24.7 Å². The number of para-hydroxylation sites is 2. The van der Waals surface area contributed by atoms with Crippen LogP contribution in [0.2, 0.25) is 0 Å². The van der Waals surface area contributed by atoms with Crippen molar-refractivity contribution in [3.05, 3.63) is 64.6 Å². The third-order valence-electron chi connectivity index (χ3n) is 4.00. The number of nitrogens with one attached hydrogen (secondary N) is 1. The summed E-state index contributed by atoms with van der Waals surface area (Å²) in [4.78, 5) is 46.9. The van der Waals surface area contributed by atoms with Crippen LogP contribution in [0.15, 0.2) is 57.7 Å². The minimum Gasteiger partial charge on any atom is -0.457 e.